The molecular formula is C13H13ClFNO3. The predicted molar refractivity (Wildman–Crippen MR) is 67.2 cm³/mol. The third-order valence-corrected chi connectivity index (χ3v) is 3.56. The molecule has 0 heterocycles. The molecule has 102 valence electrons. The molecule has 2 N–H and O–H groups in total. The lowest BCUT2D eigenvalue weighted by Gasteiger charge is -2.15. The van der Waals surface area contributed by atoms with E-state index in [0.717, 1.165) is 0 Å². The Hall–Kier alpha value is -1.62. The molecule has 1 aromatic carbocycles. The molecule has 0 aromatic heterocycles. The van der Waals surface area contributed by atoms with Gasteiger partial charge in [0.25, 0.3) is 0 Å². The van der Waals surface area contributed by atoms with Gasteiger partial charge >= 0.3 is 5.97 Å². The molecule has 0 radical (unpaired) electrons. The Morgan fingerprint density at radius 2 is 2.16 bits per heavy atom. The van der Waals surface area contributed by atoms with Gasteiger partial charge in [0, 0.05) is 5.02 Å². The Morgan fingerprint density at radius 3 is 2.68 bits per heavy atom. The van der Waals surface area contributed by atoms with Crippen molar-refractivity contribution in [3.8, 4) is 0 Å². The maximum atomic E-state index is 12.9. The van der Waals surface area contributed by atoms with Crippen molar-refractivity contribution < 1.29 is 19.1 Å². The van der Waals surface area contributed by atoms with Gasteiger partial charge in [-0.1, -0.05) is 17.7 Å². The summed E-state index contributed by atoms with van der Waals surface area (Å²) in [4.78, 5) is 22.5. The minimum Gasteiger partial charge on any atom is -0.481 e. The summed E-state index contributed by atoms with van der Waals surface area (Å²) in [5.74, 6) is -2.76. The van der Waals surface area contributed by atoms with Crippen LogP contribution in [-0.2, 0) is 9.59 Å². The fourth-order valence-corrected chi connectivity index (χ4v) is 2.34. The SMILES string of the molecule is CC(NC(=O)C1CC1C(=O)O)c1ccc(F)cc1Cl. The quantitative estimate of drug-likeness (QED) is 0.892. The standard InChI is InChI=1S/C13H13ClFNO3/c1-6(8-3-2-7(15)4-11(8)14)16-12(17)9-5-10(9)13(18)19/h2-4,6,9-10H,5H2,1H3,(H,16,17)(H,18,19). The van der Waals surface area contributed by atoms with Gasteiger partial charge in [0.1, 0.15) is 5.82 Å². The monoisotopic (exact) mass is 285 g/mol. The third kappa shape index (κ3) is 3.04. The zero-order valence-electron chi connectivity index (χ0n) is 10.2. The van der Waals surface area contributed by atoms with E-state index in [4.69, 9.17) is 16.7 Å². The fraction of sp³-hybridized carbons (Fsp3) is 0.385. The number of rotatable bonds is 4. The van der Waals surface area contributed by atoms with E-state index in [2.05, 4.69) is 5.32 Å². The lowest BCUT2D eigenvalue weighted by molar-refractivity contribution is -0.140. The van der Waals surface area contributed by atoms with Gasteiger partial charge in [0.15, 0.2) is 0 Å². The molecule has 0 bridgehead atoms. The van der Waals surface area contributed by atoms with Crippen LogP contribution in [-0.4, -0.2) is 17.0 Å². The second kappa shape index (κ2) is 5.17. The molecule has 1 amide bonds. The van der Waals surface area contributed by atoms with Crippen LogP contribution in [0.2, 0.25) is 5.02 Å². The van der Waals surface area contributed by atoms with Crippen LogP contribution < -0.4 is 5.32 Å². The van der Waals surface area contributed by atoms with E-state index in [1.165, 1.54) is 18.2 Å². The van der Waals surface area contributed by atoms with Crippen molar-refractivity contribution >= 4 is 23.5 Å². The van der Waals surface area contributed by atoms with Crippen molar-refractivity contribution in [3.05, 3.63) is 34.6 Å². The number of halogens is 2. The highest BCUT2D eigenvalue weighted by Crippen LogP contribution is 2.39. The highest BCUT2D eigenvalue weighted by atomic mass is 35.5. The van der Waals surface area contributed by atoms with Gasteiger partial charge in [-0.05, 0) is 31.0 Å². The van der Waals surface area contributed by atoms with Gasteiger partial charge in [0.2, 0.25) is 5.91 Å². The van der Waals surface area contributed by atoms with Crippen molar-refractivity contribution in [1.82, 2.24) is 5.32 Å². The second-order valence-corrected chi connectivity index (χ2v) is 5.09. The van der Waals surface area contributed by atoms with Crippen LogP contribution in [0, 0.1) is 17.7 Å². The third-order valence-electron chi connectivity index (χ3n) is 3.23. The largest absolute Gasteiger partial charge is 0.481 e. The van der Waals surface area contributed by atoms with Crippen LogP contribution in [0.25, 0.3) is 0 Å². The molecule has 6 heteroatoms. The lowest BCUT2D eigenvalue weighted by atomic mass is 10.1. The summed E-state index contributed by atoms with van der Waals surface area (Å²) in [5, 5.41) is 11.7. The van der Waals surface area contributed by atoms with E-state index in [-0.39, 0.29) is 10.9 Å². The molecule has 1 aromatic rings. The number of hydrogen-bond donors (Lipinski definition) is 2. The number of aliphatic carboxylic acids is 1. The average molecular weight is 286 g/mol. The molecule has 3 atom stereocenters. The first-order valence-electron chi connectivity index (χ1n) is 5.88. The molecule has 1 saturated carbocycles. The van der Waals surface area contributed by atoms with E-state index in [0.29, 0.717) is 12.0 Å². The van der Waals surface area contributed by atoms with Gasteiger partial charge in [-0.2, -0.15) is 0 Å². The van der Waals surface area contributed by atoms with Gasteiger partial charge in [-0.3, -0.25) is 9.59 Å². The highest BCUT2D eigenvalue weighted by Gasteiger charge is 2.48. The Bertz CT molecular complexity index is 535. The van der Waals surface area contributed by atoms with Gasteiger partial charge in [-0.25, -0.2) is 4.39 Å². The number of hydrogen-bond acceptors (Lipinski definition) is 2. The molecule has 0 aliphatic heterocycles. The second-order valence-electron chi connectivity index (χ2n) is 4.68. The summed E-state index contributed by atoms with van der Waals surface area (Å²) >= 11 is 5.90. The Morgan fingerprint density at radius 1 is 1.47 bits per heavy atom. The van der Waals surface area contributed by atoms with Crippen molar-refractivity contribution in [2.75, 3.05) is 0 Å². The molecule has 2 rings (SSSR count). The smallest absolute Gasteiger partial charge is 0.307 e. The molecule has 3 unspecified atom stereocenters. The van der Waals surface area contributed by atoms with Crippen LogP contribution in [0.15, 0.2) is 18.2 Å². The normalized spacial score (nSPS) is 22.7. The maximum absolute atomic E-state index is 12.9. The number of benzene rings is 1. The molecule has 1 fully saturated rings. The summed E-state index contributed by atoms with van der Waals surface area (Å²) in [6.45, 7) is 1.72. The Balaban J connectivity index is 2.00. The van der Waals surface area contributed by atoms with Crippen LogP contribution in [0.1, 0.15) is 24.9 Å². The first-order valence-corrected chi connectivity index (χ1v) is 6.26. The average Bonchev–Trinajstić information content (AvgIpc) is 3.08. The first-order chi connectivity index (χ1) is 8.90. The lowest BCUT2D eigenvalue weighted by Crippen LogP contribution is -2.29. The minimum absolute atomic E-state index is 0.235. The number of carboxylic acids is 1. The zero-order valence-corrected chi connectivity index (χ0v) is 10.9. The van der Waals surface area contributed by atoms with Crippen molar-refractivity contribution in [2.24, 2.45) is 11.8 Å². The number of carbonyl (C=O) groups is 2. The fourth-order valence-electron chi connectivity index (χ4n) is 2.01. The summed E-state index contributed by atoms with van der Waals surface area (Å²) < 4.78 is 12.9. The first kappa shape index (κ1) is 13.8. The van der Waals surface area contributed by atoms with Gasteiger partial charge in [0.05, 0.1) is 17.9 Å². The Kier molecular flexibility index (Phi) is 3.75. The van der Waals surface area contributed by atoms with Crippen LogP contribution in [0.5, 0.6) is 0 Å². The molecule has 1 aliphatic rings. The van der Waals surface area contributed by atoms with E-state index in [1.54, 1.807) is 6.92 Å². The van der Waals surface area contributed by atoms with Crippen molar-refractivity contribution in [3.63, 3.8) is 0 Å². The Labute approximate surface area is 114 Å². The molecular weight excluding hydrogens is 273 g/mol. The highest BCUT2D eigenvalue weighted by molar-refractivity contribution is 6.31. The molecule has 4 nitrogen and oxygen atoms in total. The van der Waals surface area contributed by atoms with E-state index >= 15 is 0 Å². The van der Waals surface area contributed by atoms with E-state index in [9.17, 15) is 14.0 Å². The van der Waals surface area contributed by atoms with Gasteiger partial charge < -0.3 is 10.4 Å². The van der Waals surface area contributed by atoms with E-state index in [1.807, 2.05) is 0 Å². The predicted octanol–water partition coefficient (Wildman–Crippen LogP) is 2.38. The summed E-state index contributed by atoms with van der Waals surface area (Å²) in [6, 6.07) is 3.55. The summed E-state index contributed by atoms with van der Waals surface area (Å²) in [6.07, 6.45) is 0.366. The van der Waals surface area contributed by atoms with Crippen LogP contribution in [0.4, 0.5) is 4.39 Å². The summed E-state index contributed by atoms with van der Waals surface area (Å²) in [5.41, 5.74) is 0.601. The number of carbonyl (C=O) groups excluding carboxylic acids is 1. The zero-order chi connectivity index (χ0) is 14.2. The van der Waals surface area contributed by atoms with Gasteiger partial charge in [-0.15, -0.1) is 0 Å². The number of amides is 1. The van der Waals surface area contributed by atoms with Crippen molar-refractivity contribution in [2.45, 2.75) is 19.4 Å². The molecule has 19 heavy (non-hydrogen) atoms. The molecule has 0 saturated heterocycles. The van der Waals surface area contributed by atoms with Crippen LogP contribution in [0.3, 0.4) is 0 Å². The van der Waals surface area contributed by atoms with Crippen molar-refractivity contribution in [1.29, 1.82) is 0 Å². The van der Waals surface area contributed by atoms with E-state index < -0.39 is 29.7 Å². The topological polar surface area (TPSA) is 66.4 Å². The minimum atomic E-state index is -0.951. The molecule has 0 spiro atoms. The number of nitrogens with one attached hydrogen (secondary N) is 1. The molecule has 1 aliphatic carbocycles. The number of carboxylic acid groups (broad SMARTS) is 1. The van der Waals surface area contributed by atoms with Crippen LogP contribution >= 0.6 is 11.6 Å². The maximum Gasteiger partial charge on any atom is 0.307 e. The summed E-state index contributed by atoms with van der Waals surface area (Å²) in [7, 11) is 0.